The van der Waals surface area contributed by atoms with Crippen molar-refractivity contribution in [2.75, 3.05) is 4.90 Å². The van der Waals surface area contributed by atoms with Crippen molar-refractivity contribution in [1.29, 1.82) is 0 Å². The molecule has 0 unspecified atom stereocenters. The number of fused-ring (bicyclic) bond motifs is 12. The summed E-state index contributed by atoms with van der Waals surface area (Å²) in [6.07, 6.45) is 5.76. The smallest absolute Gasteiger partial charge is 0.145 e. The first kappa shape index (κ1) is 29.8. The van der Waals surface area contributed by atoms with Gasteiger partial charge in [0.1, 0.15) is 23.0 Å². The van der Waals surface area contributed by atoms with Crippen LogP contribution in [0.1, 0.15) is 25.0 Å². The summed E-state index contributed by atoms with van der Waals surface area (Å²) in [4.78, 5) is 12.1. The minimum absolute atomic E-state index is 0.418. The van der Waals surface area contributed by atoms with Crippen LogP contribution in [-0.2, 0) is 5.41 Å². The van der Waals surface area contributed by atoms with E-state index in [1.165, 1.54) is 10.9 Å². The number of hydrogen-bond acceptors (Lipinski definition) is 4. The maximum absolute atomic E-state index is 7.25. The molecule has 6 heteroatoms. The molecule has 252 valence electrons. The number of anilines is 3. The van der Waals surface area contributed by atoms with Crippen molar-refractivity contribution < 1.29 is 4.74 Å². The molecule has 0 spiro atoms. The van der Waals surface area contributed by atoms with Crippen LogP contribution in [0.25, 0.3) is 54.9 Å². The fourth-order valence-corrected chi connectivity index (χ4v) is 8.76. The Morgan fingerprint density at radius 1 is 0.585 bits per heavy atom. The third-order valence-electron chi connectivity index (χ3n) is 11.0. The van der Waals surface area contributed by atoms with Crippen molar-refractivity contribution in [3.05, 3.63) is 175 Å². The average Bonchev–Trinajstić information content (AvgIpc) is 3.83. The van der Waals surface area contributed by atoms with Crippen molar-refractivity contribution in [3.8, 4) is 17.3 Å². The van der Waals surface area contributed by atoms with Crippen LogP contribution in [0.2, 0.25) is 0 Å². The summed E-state index contributed by atoms with van der Waals surface area (Å²) in [5, 5.41) is 5.67. The number of para-hydroxylation sites is 4. The van der Waals surface area contributed by atoms with E-state index in [0.29, 0.717) is 0 Å². The van der Waals surface area contributed by atoms with E-state index in [9.17, 15) is 0 Å². The van der Waals surface area contributed by atoms with Crippen LogP contribution < -0.4 is 9.64 Å². The number of rotatable bonds is 4. The van der Waals surface area contributed by atoms with E-state index in [1.54, 1.807) is 0 Å². The van der Waals surface area contributed by atoms with Gasteiger partial charge < -0.3 is 9.64 Å². The quantitative estimate of drug-likeness (QED) is 0.173. The lowest BCUT2D eigenvalue weighted by Crippen LogP contribution is -2.31. The Morgan fingerprint density at radius 3 is 2.19 bits per heavy atom. The van der Waals surface area contributed by atoms with E-state index < -0.39 is 5.41 Å². The Kier molecular flexibility index (Phi) is 6.20. The Morgan fingerprint density at radius 2 is 1.34 bits per heavy atom. The van der Waals surface area contributed by atoms with Crippen LogP contribution in [0.3, 0.4) is 0 Å². The minimum atomic E-state index is -0.418. The summed E-state index contributed by atoms with van der Waals surface area (Å²) in [6, 6.07) is 51.4. The summed E-state index contributed by atoms with van der Waals surface area (Å²) in [7, 11) is 0. The predicted molar refractivity (Wildman–Crippen MR) is 216 cm³/mol. The number of ether oxygens (including phenoxy) is 1. The molecule has 0 atom stereocenters. The van der Waals surface area contributed by atoms with Crippen LogP contribution in [0.4, 0.5) is 17.1 Å². The Hall–Kier alpha value is -6.92. The molecule has 0 bridgehead atoms. The Labute approximate surface area is 305 Å². The van der Waals surface area contributed by atoms with E-state index in [2.05, 4.69) is 161 Å². The number of aromatic nitrogens is 4. The highest BCUT2D eigenvalue weighted by Gasteiger charge is 2.42. The zero-order valence-corrected chi connectivity index (χ0v) is 29.2. The topological polar surface area (TPSA) is 47.6 Å². The first-order valence-corrected chi connectivity index (χ1v) is 18.0. The van der Waals surface area contributed by atoms with Crippen LogP contribution >= 0.6 is 0 Å². The second-order valence-corrected chi connectivity index (χ2v) is 14.3. The molecule has 6 nitrogen and oxygen atoms in total. The molecule has 0 saturated heterocycles. The minimum Gasteiger partial charge on any atom is -0.457 e. The Bertz CT molecular complexity index is 3070. The lowest BCUT2D eigenvalue weighted by molar-refractivity contribution is 0.462. The van der Waals surface area contributed by atoms with Gasteiger partial charge in [-0.15, -0.1) is 0 Å². The first-order valence-electron chi connectivity index (χ1n) is 18.0. The molecule has 4 aromatic heterocycles. The van der Waals surface area contributed by atoms with Gasteiger partial charge >= 0.3 is 0 Å². The van der Waals surface area contributed by atoms with Gasteiger partial charge in [0.2, 0.25) is 0 Å². The van der Waals surface area contributed by atoms with Crippen LogP contribution in [0.15, 0.2) is 164 Å². The van der Waals surface area contributed by atoms with E-state index in [1.807, 2.05) is 30.7 Å². The van der Waals surface area contributed by atoms with E-state index in [4.69, 9.17) is 14.7 Å². The first-order chi connectivity index (χ1) is 26.1. The molecule has 10 aromatic rings. The van der Waals surface area contributed by atoms with Gasteiger partial charge in [0, 0.05) is 62.9 Å². The zero-order chi connectivity index (χ0) is 35.3. The van der Waals surface area contributed by atoms with Gasteiger partial charge in [0.15, 0.2) is 0 Å². The van der Waals surface area contributed by atoms with Gasteiger partial charge in [-0.1, -0.05) is 92.7 Å². The van der Waals surface area contributed by atoms with Crippen LogP contribution in [-0.4, -0.2) is 18.9 Å². The van der Waals surface area contributed by atoms with Gasteiger partial charge in [-0.2, -0.15) is 0 Å². The summed E-state index contributed by atoms with van der Waals surface area (Å²) in [5.74, 6) is 2.40. The predicted octanol–water partition coefficient (Wildman–Crippen LogP) is 12.0. The summed E-state index contributed by atoms with van der Waals surface area (Å²) < 4.78 is 11.7. The molecular weight excluding hydrogens is 651 g/mol. The molecule has 1 aliphatic heterocycles. The molecule has 0 fully saturated rings. The number of benzene rings is 6. The highest BCUT2D eigenvalue weighted by Crippen LogP contribution is 2.59. The number of imidazole rings is 1. The van der Waals surface area contributed by atoms with Gasteiger partial charge in [-0.25, -0.2) is 9.97 Å². The highest BCUT2D eigenvalue weighted by atomic mass is 16.5. The summed E-state index contributed by atoms with van der Waals surface area (Å²) in [5.41, 5.74) is 9.44. The number of nitrogens with zero attached hydrogens (tertiary/aromatic N) is 5. The fraction of sp³-hybridized carbons (Fsp3) is 0.0638. The van der Waals surface area contributed by atoms with Crippen molar-refractivity contribution in [2.24, 2.45) is 0 Å². The second-order valence-electron chi connectivity index (χ2n) is 14.3. The SMILES string of the molecule is CC1(C)c2ccccc2N(c2ccccc2)c2c1c(Oc1ccc3c4ccccc4n4ccnc4c3c1)cc1c2c2ccccc2n1-c1ccccn1. The molecule has 0 radical (unpaired) electrons. The monoisotopic (exact) mass is 683 g/mol. The van der Waals surface area contributed by atoms with Gasteiger partial charge in [0.25, 0.3) is 0 Å². The van der Waals surface area contributed by atoms with E-state index >= 15 is 0 Å². The molecule has 0 aliphatic carbocycles. The second kappa shape index (κ2) is 11.0. The third-order valence-corrected chi connectivity index (χ3v) is 11.0. The molecule has 53 heavy (non-hydrogen) atoms. The van der Waals surface area contributed by atoms with Crippen molar-refractivity contribution in [1.82, 2.24) is 18.9 Å². The molecule has 5 heterocycles. The zero-order valence-electron chi connectivity index (χ0n) is 29.2. The standard InChI is InChI=1S/C47H33N5O/c1-47(2)36-18-8-11-21-39(36)51(30-14-4-3-5-15-30)45-43-34-17-7-10-20-38(34)52(42-22-12-13-25-48-42)40(43)29-41(44(45)47)53-31-23-24-32-33-16-6-9-19-37(33)50-27-26-49-46(50)35(32)28-31/h3-29H,1-2H3. The van der Waals surface area contributed by atoms with Crippen molar-refractivity contribution in [3.63, 3.8) is 0 Å². The van der Waals surface area contributed by atoms with Gasteiger partial charge in [-0.3, -0.25) is 8.97 Å². The van der Waals surface area contributed by atoms with Gasteiger partial charge in [-0.05, 0) is 71.6 Å². The number of hydrogen-bond donors (Lipinski definition) is 0. The highest BCUT2D eigenvalue weighted by molar-refractivity contribution is 6.19. The molecule has 0 amide bonds. The average molecular weight is 684 g/mol. The van der Waals surface area contributed by atoms with Crippen molar-refractivity contribution in [2.45, 2.75) is 19.3 Å². The summed E-state index contributed by atoms with van der Waals surface area (Å²) >= 11 is 0. The summed E-state index contributed by atoms with van der Waals surface area (Å²) in [6.45, 7) is 4.65. The van der Waals surface area contributed by atoms with E-state index in [-0.39, 0.29) is 0 Å². The maximum Gasteiger partial charge on any atom is 0.145 e. The fourth-order valence-electron chi connectivity index (χ4n) is 8.76. The lowest BCUT2D eigenvalue weighted by atomic mass is 9.72. The number of pyridine rings is 2. The third kappa shape index (κ3) is 4.20. The normalized spacial score (nSPS) is 13.6. The molecule has 6 aromatic carbocycles. The molecule has 1 aliphatic rings. The largest absolute Gasteiger partial charge is 0.457 e. The molecule has 0 N–H and O–H groups in total. The molecular formula is C47H33N5O. The van der Waals surface area contributed by atoms with Crippen LogP contribution in [0.5, 0.6) is 11.5 Å². The molecule has 11 rings (SSSR count). The Balaban J connectivity index is 1.26. The molecule has 0 saturated carbocycles. The van der Waals surface area contributed by atoms with Crippen LogP contribution in [0, 0.1) is 0 Å². The van der Waals surface area contributed by atoms with Gasteiger partial charge in [0.05, 0.1) is 27.9 Å². The maximum atomic E-state index is 7.25. The van der Waals surface area contributed by atoms with Crippen molar-refractivity contribution >= 4 is 66.2 Å². The van der Waals surface area contributed by atoms with E-state index in [0.717, 1.165) is 83.7 Å². The lowest BCUT2D eigenvalue weighted by Gasteiger charge is -2.43.